The van der Waals surface area contributed by atoms with E-state index < -0.39 is 5.41 Å². The second-order valence-electron chi connectivity index (χ2n) is 6.79. The van der Waals surface area contributed by atoms with Crippen molar-refractivity contribution in [2.75, 3.05) is 13.1 Å². The van der Waals surface area contributed by atoms with Crippen LogP contribution in [0.4, 0.5) is 0 Å². The van der Waals surface area contributed by atoms with E-state index in [1.807, 2.05) is 19.1 Å². The molecule has 3 rings (SSSR count). The minimum Gasteiger partial charge on any atom is -0.369 e. The zero-order valence-electron chi connectivity index (χ0n) is 13.0. The van der Waals surface area contributed by atoms with Crippen LogP contribution in [0.5, 0.6) is 0 Å². The molecule has 1 saturated heterocycles. The maximum atomic E-state index is 12.7. The third kappa shape index (κ3) is 2.85. The Labute approximate surface area is 130 Å². The number of hydrogen-bond acceptors (Lipinski definition) is 3. The van der Waals surface area contributed by atoms with Crippen LogP contribution in [0.15, 0.2) is 18.3 Å². The quantitative estimate of drug-likeness (QED) is 0.922. The van der Waals surface area contributed by atoms with Crippen LogP contribution in [-0.2, 0) is 4.79 Å². The number of rotatable bonds is 4. The normalized spacial score (nSPS) is 25.0. The van der Waals surface area contributed by atoms with Crippen molar-refractivity contribution in [1.82, 2.24) is 9.88 Å². The molecule has 0 aromatic carbocycles. The highest BCUT2D eigenvalue weighted by Crippen LogP contribution is 2.44. The molecule has 1 aromatic heterocycles. The molecule has 1 aliphatic heterocycles. The number of hydrogen-bond donors (Lipinski definition) is 1. The standard InChI is InChI=1S/C17H23N3O2/c1-12-4-2-8-19-14(12)15(21)20-9-3-7-17(11-20,16(18)22)10-13-5-6-13/h2,4,8,13H,3,5-7,9-11H2,1H3,(H2,18,22). The summed E-state index contributed by atoms with van der Waals surface area (Å²) in [6.45, 7) is 3.00. The highest BCUT2D eigenvalue weighted by Gasteiger charge is 2.45. The number of nitrogens with two attached hydrogens (primary N) is 1. The summed E-state index contributed by atoms with van der Waals surface area (Å²) in [5.74, 6) is 0.271. The highest BCUT2D eigenvalue weighted by atomic mass is 16.2. The van der Waals surface area contributed by atoms with Gasteiger partial charge in [-0.25, -0.2) is 0 Å². The highest BCUT2D eigenvalue weighted by molar-refractivity contribution is 5.94. The van der Waals surface area contributed by atoms with Gasteiger partial charge in [0.05, 0.1) is 5.41 Å². The average Bonchev–Trinajstić information content (AvgIpc) is 3.31. The molecule has 118 valence electrons. The van der Waals surface area contributed by atoms with E-state index in [2.05, 4.69) is 4.98 Å². The van der Waals surface area contributed by atoms with E-state index in [4.69, 9.17) is 5.73 Å². The Morgan fingerprint density at radius 2 is 2.23 bits per heavy atom. The fourth-order valence-corrected chi connectivity index (χ4v) is 3.51. The number of amides is 2. The Hall–Kier alpha value is -1.91. The first-order valence-corrected chi connectivity index (χ1v) is 8.03. The zero-order chi connectivity index (χ0) is 15.7. The monoisotopic (exact) mass is 301 g/mol. The molecule has 0 spiro atoms. The molecule has 2 amide bonds. The van der Waals surface area contributed by atoms with Gasteiger partial charge >= 0.3 is 0 Å². The van der Waals surface area contributed by atoms with Gasteiger partial charge in [-0.3, -0.25) is 14.6 Å². The van der Waals surface area contributed by atoms with Crippen LogP contribution in [0.25, 0.3) is 0 Å². The Morgan fingerprint density at radius 3 is 2.86 bits per heavy atom. The van der Waals surface area contributed by atoms with Gasteiger partial charge in [-0.05, 0) is 43.7 Å². The van der Waals surface area contributed by atoms with Crippen molar-refractivity contribution in [3.63, 3.8) is 0 Å². The van der Waals surface area contributed by atoms with E-state index in [-0.39, 0.29) is 11.8 Å². The lowest BCUT2D eigenvalue weighted by Gasteiger charge is -2.41. The van der Waals surface area contributed by atoms with E-state index in [9.17, 15) is 9.59 Å². The summed E-state index contributed by atoms with van der Waals surface area (Å²) >= 11 is 0. The Bertz CT molecular complexity index is 597. The lowest BCUT2D eigenvalue weighted by molar-refractivity contribution is -0.131. The third-order valence-corrected chi connectivity index (χ3v) is 4.98. The Kier molecular flexibility index (Phi) is 3.89. The van der Waals surface area contributed by atoms with E-state index in [0.717, 1.165) is 24.8 Å². The number of aryl methyl sites for hydroxylation is 1. The summed E-state index contributed by atoms with van der Waals surface area (Å²) in [6, 6.07) is 3.71. The lowest BCUT2D eigenvalue weighted by atomic mass is 9.75. The van der Waals surface area contributed by atoms with Crippen LogP contribution < -0.4 is 5.73 Å². The van der Waals surface area contributed by atoms with E-state index in [0.29, 0.717) is 24.7 Å². The molecule has 2 fully saturated rings. The number of carbonyl (C=O) groups excluding carboxylic acids is 2. The van der Waals surface area contributed by atoms with Gasteiger partial charge in [0, 0.05) is 19.3 Å². The second kappa shape index (κ2) is 5.71. The van der Waals surface area contributed by atoms with Gasteiger partial charge in [-0.1, -0.05) is 18.9 Å². The van der Waals surface area contributed by atoms with Crippen LogP contribution in [-0.4, -0.2) is 34.8 Å². The Morgan fingerprint density at radius 1 is 1.45 bits per heavy atom. The maximum absolute atomic E-state index is 12.7. The van der Waals surface area contributed by atoms with Crippen molar-refractivity contribution in [2.24, 2.45) is 17.1 Å². The molecule has 1 aromatic rings. The number of primary amides is 1. The molecule has 5 nitrogen and oxygen atoms in total. The van der Waals surface area contributed by atoms with Crippen molar-refractivity contribution in [1.29, 1.82) is 0 Å². The summed E-state index contributed by atoms with van der Waals surface area (Å²) < 4.78 is 0. The molecule has 1 unspecified atom stereocenters. The zero-order valence-corrected chi connectivity index (χ0v) is 13.0. The second-order valence-corrected chi connectivity index (χ2v) is 6.79. The molecule has 22 heavy (non-hydrogen) atoms. The lowest BCUT2D eigenvalue weighted by Crippen LogP contribution is -2.52. The fourth-order valence-electron chi connectivity index (χ4n) is 3.51. The van der Waals surface area contributed by atoms with Crippen molar-refractivity contribution < 1.29 is 9.59 Å². The number of likely N-dealkylation sites (tertiary alicyclic amines) is 1. The minimum atomic E-state index is -0.544. The predicted octanol–water partition coefficient (Wildman–Crippen LogP) is 1.90. The number of pyridine rings is 1. The summed E-state index contributed by atoms with van der Waals surface area (Å²) in [5.41, 5.74) is 6.52. The van der Waals surface area contributed by atoms with Crippen LogP contribution in [0.2, 0.25) is 0 Å². The van der Waals surface area contributed by atoms with Crippen LogP contribution >= 0.6 is 0 Å². The topological polar surface area (TPSA) is 76.3 Å². The fraction of sp³-hybridized carbons (Fsp3) is 0.588. The van der Waals surface area contributed by atoms with Crippen LogP contribution in [0.3, 0.4) is 0 Å². The van der Waals surface area contributed by atoms with Gasteiger partial charge in [0.2, 0.25) is 5.91 Å². The molecule has 2 aliphatic rings. The largest absolute Gasteiger partial charge is 0.369 e. The molecule has 1 atom stereocenters. The van der Waals surface area contributed by atoms with Gasteiger partial charge < -0.3 is 10.6 Å². The van der Waals surface area contributed by atoms with Gasteiger partial charge in [-0.2, -0.15) is 0 Å². The molecular formula is C17H23N3O2. The van der Waals surface area contributed by atoms with Crippen LogP contribution in [0, 0.1) is 18.3 Å². The molecule has 0 radical (unpaired) electrons. The summed E-state index contributed by atoms with van der Waals surface area (Å²) in [5, 5.41) is 0. The molecule has 0 bridgehead atoms. The molecule has 5 heteroatoms. The van der Waals surface area contributed by atoms with Crippen LogP contribution in [0.1, 0.15) is 48.2 Å². The SMILES string of the molecule is Cc1cccnc1C(=O)N1CCCC(CC2CC2)(C(N)=O)C1. The molecular weight excluding hydrogens is 278 g/mol. The van der Waals surface area contributed by atoms with Crippen molar-refractivity contribution in [3.8, 4) is 0 Å². The Balaban J connectivity index is 1.81. The predicted molar refractivity (Wildman–Crippen MR) is 83.1 cm³/mol. The number of nitrogens with zero attached hydrogens (tertiary/aromatic N) is 2. The molecule has 1 aliphatic carbocycles. The maximum Gasteiger partial charge on any atom is 0.272 e. The molecule has 2 N–H and O–H groups in total. The van der Waals surface area contributed by atoms with Gasteiger partial charge in [-0.15, -0.1) is 0 Å². The number of carbonyl (C=O) groups is 2. The van der Waals surface area contributed by atoms with Crippen molar-refractivity contribution in [3.05, 3.63) is 29.6 Å². The third-order valence-electron chi connectivity index (χ3n) is 4.98. The van der Waals surface area contributed by atoms with E-state index in [1.54, 1.807) is 11.1 Å². The van der Waals surface area contributed by atoms with Crippen molar-refractivity contribution in [2.45, 2.75) is 39.0 Å². The number of piperidine rings is 1. The van der Waals surface area contributed by atoms with Crippen molar-refractivity contribution >= 4 is 11.8 Å². The number of aromatic nitrogens is 1. The van der Waals surface area contributed by atoms with Gasteiger partial charge in [0.25, 0.3) is 5.91 Å². The molecule has 2 heterocycles. The van der Waals surface area contributed by atoms with E-state index >= 15 is 0 Å². The minimum absolute atomic E-state index is 0.0841. The smallest absolute Gasteiger partial charge is 0.272 e. The first-order chi connectivity index (χ1) is 10.5. The first-order valence-electron chi connectivity index (χ1n) is 8.03. The van der Waals surface area contributed by atoms with Gasteiger partial charge in [0.15, 0.2) is 0 Å². The average molecular weight is 301 g/mol. The molecule has 1 saturated carbocycles. The van der Waals surface area contributed by atoms with Gasteiger partial charge in [0.1, 0.15) is 5.69 Å². The summed E-state index contributed by atoms with van der Waals surface area (Å²) in [7, 11) is 0. The van der Waals surface area contributed by atoms with E-state index in [1.165, 1.54) is 12.8 Å². The summed E-state index contributed by atoms with van der Waals surface area (Å²) in [6.07, 6.45) is 6.45. The first kappa shape index (κ1) is 15.0. The summed E-state index contributed by atoms with van der Waals surface area (Å²) in [4.78, 5) is 30.8.